The predicted octanol–water partition coefficient (Wildman–Crippen LogP) is 3.60. The number of amides is 1. The van der Waals surface area contributed by atoms with Gasteiger partial charge in [0.15, 0.2) is 0 Å². The van der Waals surface area contributed by atoms with Gasteiger partial charge in [0.1, 0.15) is 6.04 Å². The third-order valence-corrected chi connectivity index (χ3v) is 4.78. The molecule has 21 heavy (non-hydrogen) atoms. The first-order valence-electron chi connectivity index (χ1n) is 8.28. The average Bonchev–Trinajstić information content (AvgIpc) is 2.42. The number of carbonyl (C=O) groups is 2. The molecule has 0 aromatic carbocycles. The summed E-state index contributed by atoms with van der Waals surface area (Å²) in [5.74, 6) is -0.324. The van der Waals surface area contributed by atoms with Crippen molar-refractivity contribution in [2.75, 3.05) is 0 Å². The smallest absolute Gasteiger partial charge is 0.326 e. The van der Waals surface area contributed by atoms with Crippen LogP contribution in [0.2, 0.25) is 0 Å². The van der Waals surface area contributed by atoms with Crippen molar-refractivity contribution >= 4 is 11.9 Å². The molecule has 1 aliphatic rings. The summed E-state index contributed by atoms with van der Waals surface area (Å²) in [6, 6.07) is -0.724. The summed E-state index contributed by atoms with van der Waals surface area (Å²) in [4.78, 5) is 23.5. The number of unbranched alkanes of at least 4 members (excludes halogenated alkanes) is 1. The molecule has 1 atom stereocenters. The molecule has 0 heterocycles. The van der Waals surface area contributed by atoms with E-state index in [0.29, 0.717) is 17.8 Å². The summed E-state index contributed by atoms with van der Waals surface area (Å²) >= 11 is 0. The van der Waals surface area contributed by atoms with Gasteiger partial charge in [0.2, 0.25) is 5.91 Å². The van der Waals surface area contributed by atoms with Crippen LogP contribution in [0.1, 0.15) is 72.6 Å². The lowest BCUT2D eigenvalue weighted by Gasteiger charge is -2.36. The number of aliphatic carboxylic acids is 1. The highest BCUT2D eigenvalue weighted by atomic mass is 16.4. The topological polar surface area (TPSA) is 66.4 Å². The molecule has 0 saturated heterocycles. The lowest BCUT2D eigenvalue weighted by atomic mass is 9.69. The summed E-state index contributed by atoms with van der Waals surface area (Å²) in [7, 11) is 0. The molecule has 0 unspecified atom stereocenters. The first kappa shape index (κ1) is 18.0. The largest absolute Gasteiger partial charge is 0.480 e. The molecule has 1 fully saturated rings. The van der Waals surface area contributed by atoms with E-state index in [1.54, 1.807) is 0 Å². The van der Waals surface area contributed by atoms with E-state index in [9.17, 15) is 14.7 Å². The molecule has 1 saturated carbocycles. The van der Waals surface area contributed by atoms with Crippen LogP contribution in [0.5, 0.6) is 0 Å². The normalized spacial score (nSPS) is 24.4. The molecule has 1 rings (SSSR count). The van der Waals surface area contributed by atoms with Crippen molar-refractivity contribution in [1.29, 1.82) is 0 Å². The van der Waals surface area contributed by atoms with E-state index >= 15 is 0 Å². The Balaban J connectivity index is 2.47. The van der Waals surface area contributed by atoms with Gasteiger partial charge in [0.05, 0.1) is 0 Å². The van der Waals surface area contributed by atoms with Crippen LogP contribution < -0.4 is 5.32 Å². The molecule has 0 bridgehead atoms. The number of carboxylic acid groups (broad SMARTS) is 1. The number of carboxylic acids is 1. The van der Waals surface area contributed by atoms with Gasteiger partial charge in [-0.2, -0.15) is 0 Å². The molecule has 1 aliphatic carbocycles. The summed E-state index contributed by atoms with van der Waals surface area (Å²) < 4.78 is 0. The molecule has 4 nitrogen and oxygen atoms in total. The molecule has 0 aromatic heterocycles. The average molecular weight is 297 g/mol. The number of nitrogens with one attached hydrogen (secondary N) is 1. The zero-order valence-electron chi connectivity index (χ0n) is 13.9. The number of hydrogen-bond acceptors (Lipinski definition) is 2. The maximum Gasteiger partial charge on any atom is 0.326 e. The minimum absolute atomic E-state index is 0.00734. The third kappa shape index (κ3) is 5.68. The fraction of sp³-hybridized carbons (Fsp3) is 0.882. The molecule has 2 N–H and O–H groups in total. The molecule has 0 aromatic rings. The van der Waals surface area contributed by atoms with Gasteiger partial charge < -0.3 is 10.4 Å². The summed E-state index contributed by atoms with van der Waals surface area (Å²) in [5, 5.41) is 11.9. The monoisotopic (exact) mass is 297 g/mol. The van der Waals surface area contributed by atoms with Gasteiger partial charge in [-0.05, 0) is 43.4 Å². The van der Waals surface area contributed by atoms with Crippen molar-refractivity contribution in [2.24, 2.45) is 17.3 Å². The maximum atomic E-state index is 12.3. The Morgan fingerprint density at radius 3 is 2.19 bits per heavy atom. The Morgan fingerprint density at radius 2 is 1.76 bits per heavy atom. The fourth-order valence-electron chi connectivity index (χ4n) is 3.18. The van der Waals surface area contributed by atoms with Gasteiger partial charge in [0.25, 0.3) is 0 Å². The first-order chi connectivity index (χ1) is 9.75. The lowest BCUT2D eigenvalue weighted by Crippen LogP contribution is -2.44. The molecule has 122 valence electrons. The van der Waals surface area contributed by atoms with Crippen molar-refractivity contribution < 1.29 is 14.7 Å². The van der Waals surface area contributed by atoms with E-state index in [0.717, 1.165) is 38.5 Å². The Bertz CT molecular complexity index is 352. The van der Waals surface area contributed by atoms with Gasteiger partial charge in [-0.25, -0.2) is 4.79 Å². The second kappa shape index (κ2) is 7.81. The summed E-state index contributed by atoms with van der Waals surface area (Å²) in [6.07, 6.45) is 6.18. The van der Waals surface area contributed by atoms with Crippen LogP contribution in [-0.2, 0) is 9.59 Å². The zero-order valence-corrected chi connectivity index (χ0v) is 13.9. The summed E-state index contributed by atoms with van der Waals surface area (Å²) in [5.41, 5.74) is 0.298. The standard InChI is InChI=1S/C17H31NO3/c1-5-6-7-14(16(20)21)18-15(19)12-8-10-13(11-9-12)17(2,3)4/h12-14H,5-11H2,1-4H3,(H,18,19)(H,20,21)/t12?,13?,14-/m0/s1. The van der Waals surface area contributed by atoms with Gasteiger partial charge in [0, 0.05) is 5.92 Å². The van der Waals surface area contributed by atoms with Crippen molar-refractivity contribution in [3.8, 4) is 0 Å². The molecule has 0 aliphatic heterocycles. The van der Waals surface area contributed by atoms with E-state index in [-0.39, 0.29) is 11.8 Å². The minimum atomic E-state index is -0.917. The van der Waals surface area contributed by atoms with E-state index in [4.69, 9.17) is 0 Å². The molecule has 0 radical (unpaired) electrons. The summed E-state index contributed by atoms with van der Waals surface area (Å²) in [6.45, 7) is 8.78. The maximum absolute atomic E-state index is 12.3. The second-order valence-electron chi connectivity index (χ2n) is 7.46. The lowest BCUT2D eigenvalue weighted by molar-refractivity contribution is -0.143. The van der Waals surface area contributed by atoms with Gasteiger partial charge in [-0.1, -0.05) is 40.5 Å². The van der Waals surface area contributed by atoms with Crippen LogP contribution in [0, 0.1) is 17.3 Å². The number of hydrogen-bond donors (Lipinski definition) is 2. The second-order valence-corrected chi connectivity index (χ2v) is 7.46. The Morgan fingerprint density at radius 1 is 1.19 bits per heavy atom. The van der Waals surface area contributed by atoms with E-state index in [2.05, 4.69) is 26.1 Å². The van der Waals surface area contributed by atoms with Crippen LogP contribution in [-0.4, -0.2) is 23.0 Å². The van der Waals surface area contributed by atoms with E-state index in [1.165, 1.54) is 0 Å². The highest BCUT2D eigenvalue weighted by Crippen LogP contribution is 2.39. The quantitative estimate of drug-likeness (QED) is 0.787. The van der Waals surface area contributed by atoms with E-state index in [1.807, 2.05) is 6.92 Å². The van der Waals surface area contributed by atoms with E-state index < -0.39 is 12.0 Å². The highest BCUT2D eigenvalue weighted by molar-refractivity contribution is 5.84. The van der Waals surface area contributed by atoms with Gasteiger partial charge in [-0.3, -0.25) is 4.79 Å². The molecule has 0 spiro atoms. The molecule has 4 heteroatoms. The molecular formula is C17H31NO3. The Kier molecular flexibility index (Phi) is 6.69. The van der Waals surface area contributed by atoms with Crippen LogP contribution in [0.15, 0.2) is 0 Å². The van der Waals surface area contributed by atoms with Crippen molar-refractivity contribution in [3.05, 3.63) is 0 Å². The highest BCUT2D eigenvalue weighted by Gasteiger charge is 2.33. The van der Waals surface area contributed by atoms with Crippen molar-refractivity contribution in [3.63, 3.8) is 0 Å². The van der Waals surface area contributed by atoms with Crippen LogP contribution in [0.3, 0.4) is 0 Å². The zero-order chi connectivity index (χ0) is 16.0. The van der Waals surface area contributed by atoms with Crippen molar-refractivity contribution in [2.45, 2.75) is 78.7 Å². The number of carbonyl (C=O) groups excluding carboxylic acids is 1. The SMILES string of the molecule is CCCC[C@H](NC(=O)C1CCC(C(C)(C)C)CC1)C(=O)O. The third-order valence-electron chi connectivity index (χ3n) is 4.78. The Hall–Kier alpha value is -1.06. The first-order valence-corrected chi connectivity index (χ1v) is 8.28. The van der Waals surface area contributed by atoms with Crippen molar-refractivity contribution in [1.82, 2.24) is 5.32 Å². The Labute approximate surface area is 128 Å². The molecular weight excluding hydrogens is 266 g/mol. The van der Waals surface area contributed by atoms with Crippen LogP contribution >= 0.6 is 0 Å². The van der Waals surface area contributed by atoms with Gasteiger partial charge in [-0.15, -0.1) is 0 Å². The minimum Gasteiger partial charge on any atom is -0.480 e. The molecule has 1 amide bonds. The fourth-order valence-corrected chi connectivity index (χ4v) is 3.18. The van der Waals surface area contributed by atoms with Gasteiger partial charge >= 0.3 is 5.97 Å². The number of rotatable bonds is 6. The predicted molar refractivity (Wildman–Crippen MR) is 84.0 cm³/mol. The van der Waals surface area contributed by atoms with Crippen LogP contribution in [0.4, 0.5) is 0 Å². The van der Waals surface area contributed by atoms with Crippen LogP contribution in [0.25, 0.3) is 0 Å².